The van der Waals surface area contributed by atoms with Crippen LogP contribution in [0.15, 0.2) is 0 Å². The van der Waals surface area contributed by atoms with Crippen LogP contribution in [-0.4, -0.2) is 52.1 Å². The monoisotopic (exact) mass is 306 g/mol. The molecule has 4 nitrogen and oxygen atoms in total. The molecular formula is C6H10O4Se2. The summed E-state index contributed by atoms with van der Waals surface area (Å²) in [6.45, 7) is 0. The van der Waals surface area contributed by atoms with Gasteiger partial charge in [-0.25, -0.2) is 0 Å². The van der Waals surface area contributed by atoms with Crippen molar-refractivity contribution in [1.29, 1.82) is 0 Å². The number of hydrogen-bond acceptors (Lipinski definition) is 2. The molecule has 2 N–H and O–H groups in total. The zero-order valence-electron chi connectivity index (χ0n) is 6.36. The van der Waals surface area contributed by atoms with E-state index in [0.29, 0.717) is 0 Å². The quantitative estimate of drug-likeness (QED) is 0.522. The first-order chi connectivity index (χ1) is 5.63. The Morgan fingerprint density at radius 3 is 1.50 bits per heavy atom. The van der Waals surface area contributed by atoms with Gasteiger partial charge in [0.1, 0.15) is 0 Å². The van der Waals surface area contributed by atoms with Gasteiger partial charge in [0.25, 0.3) is 0 Å². The van der Waals surface area contributed by atoms with Crippen LogP contribution in [0.25, 0.3) is 0 Å². The molecule has 0 spiro atoms. The first-order valence-corrected chi connectivity index (χ1v) is 8.06. The van der Waals surface area contributed by atoms with Gasteiger partial charge in [-0.05, 0) is 0 Å². The summed E-state index contributed by atoms with van der Waals surface area (Å²) in [5.41, 5.74) is 0. The van der Waals surface area contributed by atoms with Crippen molar-refractivity contribution in [3.8, 4) is 0 Å². The van der Waals surface area contributed by atoms with E-state index in [1.165, 1.54) is 0 Å². The summed E-state index contributed by atoms with van der Waals surface area (Å²) in [4.78, 5) is 20.1. The Morgan fingerprint density at radius 1 is 0.917 bits per heavy atom. The Hall–Kier alpha value is -0.0210. The summed E-state index contributed by atoms with van der Waals surface area (Å²) in [6, 6.07) is 0. The number of carboxylic acids is 2. The van der Waals surface area contributed by atoms with Crippen LogP contribution >= 0.6 is 0 Å². The molecule has 0 saturated heterocycles. The van der Waals surface area contributed by atoms with Gasteiger partial charge in [-0.2, -0.15) is 0 Å². The first-order valence-electron chi connectivity index (χ1n) is 3.22. The average molecular weight is 304 g/mol. The molecular weight excluding hydrogens is 294 g/mol. The molecule has 0 saturated carbocycles. The maximum atomic E-state index is 10.1. The van der Waals surface area contributed by atoms with Crippen molar-refractivity contribution in [2.75, 3.05) is 0 Å². The summed E-state index contributed by atoms with van der Waals surface area (Å²) in [5.74, 6) is -1.50. The van der Waals surface area contributed by atoms with Crippen molar-refractivity contribution in [3.05, 3.63) is 0 Å². The second-order valence-corrected chi connectivity index (χ2v) is 6.53. The molecule has 12 heavy (non-hydrogen) atoms. The van der Waals surface area contributed by atoms with Crippen LogP contribution in [0.5, 0.6) is 0 Å². The molecule has 0 bridgehead atoms. The molecule has 6 heteroatoms. The van der Waals surface area contributed by atoms with Crippen molar-refractivity contribution >= 4 is 41.9 Å². The van der Waals surface area contributed by atoms with E-state index in [9.17, 15) is 9.59 Å². The Kier molecular flexibility index (Phi) is 7.61. The SMILES string of the molecule is O=C(O)C[Se]CC[Se]CC(=O)O. The number of hydrogen-bond donors (Lipinski definition) is 2. The van der Waals surface area contributed by atoms with Crippen molar-refractivity contribution in [1.82, 2.24) is 0 Å². The molecule has 0 aromatic carbocycles. The van der Waals surface area contributed by atoms with E-state index in [2.05, 4.69) is 0 Å². The molecule has 0 aromatic rings. The van der Waals surface area contributed by atoms with E-state index in [0.717, 1.165) is 10.6 Å². The van der Waals surface area contributed by atoms with Gasteiger partial charge < -0.3 is 0 Å². The maximum absolute atomic E-state index is 10.1. The van der Waals surface area contributed by atoms with Gasteiger partial charge in [0.2, 0.25) is 0 Å². The summed E-state index contributed by atoms with van der Waals surface area (Å²) in [7, 11) is 0. The van der Waals surface area contributed by atoms with E-state index in [-0.39, 0.29) is 40.6 Å². The molecule has 0 rings (SSSR count). The summed E-state index contributed by atoms with van der Waals surface area (Å²) in [5, 5.41) is 18.9. The van der Waals surface area contributed by atoms with Gasteiger partial charge in [-0.3, -0.25) is 0 Å². The molecule has 70 valence electrons. The normalized spacial score (nSPS) is 9.67. The van der Waals surface area contributed by atoms with E-state index in [1.54, 1.807) is 0 Å². The Balaban J connectivity index is 3.01. The van der Waals surface area contributed by atoms with Crippen molar-refractivity contribution in [2.45, 2.75) is 21.3 Å². The molecule has 0 aliphatic heterocycles. The summed E-state index contributed by atoms with van der Waals surface area (Å²) >= 11 is 0.318. The molecule has 0 fully saturated rings. The first kappa shape index (κ1) is 12.0. The van der Waals surface area contributed by atoms with Crippen LogP contribution in [-0.2, 0) is 9.59 Å². The fourth-order valence-electron chi connectivity index (χ4n) is 0.437. The van der Waals surface area contributed by atoms with Crippen LogP contribution in [0.4, 0.5) is 0 Å². The standard InChI is InChI=1S/C6H10O4Se2/c7-5(8)3-11-1-2-12-4-6(9)10/h1-4H2,(H,7,8)(H,9,10). The fourth-order valence-corrected chi connectivity index (χ4v) is 4.84. The summed E-state index contributed by atoms with van der Waals surface area (Å²) < 4.78 is 0. The molecule has 0 aromatic heterocycles. The predicted molar refractivity (Wildman–Crippen MR) is 46.0 cm³/mol. The molecule has 0 radical (unpaired) electrons. The molecule has 0 amide bonds. The summed E-state index contributed by atoms with van der Waals surface area (Å²) in [6.07, 6.45) is 0. The molecule has 0 aliphatic carbocycles. The van der Waals surface area contributed by atoms with Gasteiger partial charge >= 0.3 is 82.9 Å². The van der Waals surface area contributed by atoms with Crippen LogP contribution in [0.3, 0.4) is 0 Å². The van der Waals surface area contributed by atoms with Crippen LogP contribution in [0.1, 0.15) is 0 Å². The van der Waals surface area contributed by atoms with Gasteiger partial charge in [0, 0.05) is 0 Å². The number of carboxylic acid groups (broad SMARTS) is 2. The van der Waals surface area contributed by atoms with E-state index in [1.807, 2.05) is 0 Å². The third-order valence-corrected chi connectivity index (χ3v) is 6.09. The second kappa shape index (κ2) is 7.62. The Bertz CT molecular complexity index is 142. The molecule has 0 atom stereocenters. The topological polar surface area (TPSA) is 74.6 Å². The Morgan fingerprint density at radius 2 is 1.25 bits per heavy atom. The predicted octanol–water partition coefficient (Wildman–Crippen LogP) is 0.237. The van der Waals surface area contributed by atoms with E-state index >= 15 is 0 Å². The average Bonchev–Trinajstić information content (AvgIpc) is 1.95. The zero-order chi connectivity index (χ0) is 9.40. The molecule has 0 unspecified atom stereocenters. The number of carbonyl (C=O) groups is 2. The van der Waals surface area contributed by atoms with Gasteiger partial charge in [0.15, 0.2) is 0 Å². The van der Waals surface area contributed by atoms with E-state index < -0.39 is 11.9 Å². The second-order valence-electron chi connectivity index (χ2n) is 1.89. The molecule has 0 aliphatic rings. The third-order valence-electron chi connectivity index (χ3n) is 0.823. The Labute approximate surface area is 83.0 Å². The molecule has 0 heterocycles. The van der Waals surface area contributed by atoms with Gasteiger partial charge in [-0.15, -0.1) is 0 Å². The minimum atomic E-state index is -0.749. The van der Waals surface area contributed by atoms with Crippen LogP contribution < -0.4 is 0 Å². The van der Waals surface area contributed by atoms with Crippen molar-refractivity contribution in [2.24, 2.45) is 0 Å². The zero-order valence-corrected chi connectivity index (χ0v) is 9.78. The number of aliphatic carboxylic acids is 2. The van der Waals surface area contributed by atoms with Crippen LogP contribution in [0, 0.1) is 0 Å². The van der Waals surface area contributed by atoms with Crippen molar-refractivity contribution in [3.63, 3.8) is 0 Å². The van der Waals surface area contributed by atoms with Crippen LogP contribution in [0.2, 0.25) is 21.3 Å². The fraction of sp³-hybridized carbons (Fsp3) is 0.667. The van der Waals surface area contributed by atoms with E-state index in [4.69, 9.17) is 10.2 Å². The third kappa shape index (κ3) is 9.98. The van der Waals surface area contributed by atoms with Crippen molar-refractivity contribution < 1.29 is 19.8 Å². The van der Waals surface area contributed by atoms with Gasteiger partial charge in [0.05, 0.1) is 0 Å². The minimum absolute atomic E-state index is 0.159. The number of rotatable bonds is 7. The van der Waals surface area contributed by atoms with Gasteiger partial charge in [-0.1, -0.05) is 0 Å².